The second-order valence-corrected chi connectivity index (χ2v) is 4.16. The third-order valence-electron chi connectivity index (χ3n) is 2.97. The fraction of sp³-hybridized carbons (Fsp3) is 0.500. The first-order valence-corrected chi connectivity index (χ1v) is 5.19. The van der Waals surface area contributed by atoms with Crippen molar-refractivity contribution in [2.45, 2.75) is 37.9 Å². The Labute approximate surface area is 84.1 Å². The number of rotatable bonds is 3. The highest BCUT2D eigenvalue weighted by molar-refractivity contribution is 5.34. The lowest BCUT2D eigenvalue weighted by Gasteiger charge is -2.12. The van der Waals surface area contributed by atoms with Gasteiger partial charge in [0.2, 0.25) is 0 Å². The summed E-state index contributed by atoms with van der Waals surface area (Å²) in [6, 6.07) is 7.66. The van der Waals surface area contributed by atoms with Crippen molar-refractivity contribution in [3.05, 3.63) is 35.4 Å². The van der Waals surface area contributed by atoms with Gasteiger partial charge in [0.15, 0.2) is 0 Å². The molecule has 0 radical (unpaired) electrons. The van der Waals surface area contributed by atoms with Crippen molar-refractivity contribution in [3.63, 3.8) is 0 Å². The summed E-state index contributed by atoms with van der Waals surface area (Å²) in [5, 5.41) is 0. The quantitative estimate of drug-likeness (QED) is 0.784. The molecule has 0 aromatic heterocycles. The van der Waals surface area contributed by atoms with Crippen LogP contribution in [0.4, 0.5) is 4.39 Å². The molecule has 2 rings (SSSR count). The largest absolute Gasteiger partial charge is 0.321 e. The summed E-state index contributed by atoms with van der Waals surface area (Å²) < 4.78 is 13.4. The summed E-state index contributed by atoms with van der Waals surface area (Å²) in [7, 11) is 0. The summed E-state index contributed by atoms with van der Waals surface area (Å²) in [6.07, 6.45) is 1.73. The van der Waals surface area contributed by atoms with E-state index in [4.69, 9.17) is 5.73 Å². The molecule has 14 heavy (non-hydrogen) atoms. The second-order valence-electron chi connectivity index (χ2n) is 4.16. The van der Waals surface area contributed by atoms with Crippen LogP contribution in [0.25, 0.3) is 0 Å². The van der Waals surface area contributed by atoms with E-state index in [1.54, 1.807) is 0 Å². The zero-order valence-electron chi connectivity index (χ0n) is 8.46. The summed E-state index contributed by atoms with van der Waals surface area (Å²) in [6.45, 7) is 1.85. The Morgan fingerprint density at radius 3 is 2.79 bits per heavy atom. The van der Waals surface area contributed by atoms with Gasteiger partial charge in [-0.2, -0.15) is 0 Å². The van der Waals surface area contributed by atoms with Crippen molar-refractivity contribution in [2.24, 2.45) is 5.73 Å². The zero-order chi connectivity index (χ0) is 10.2. The van der Waals surface area contributed by atoms with Crippen LogP contribution in [0.2, 0.25) is 0 Å². The molecule has 1 aromatic rings. The van der Waals surface area contributed by atoms with Gasteiger partial charge in [0.25, 0.3) is 0 Å². The van der Waals surface area contributed by atoms with Crippen LogP contribution in [0.1, 0.15) is 43.5 Å². The molecule has 1 unspecified atom stereocenters. The topological polar surface area (TPSA) is 26.0 Å². The molecule has 1 saturated carbocycles. The van der Waals surface area contributed by atoms with Crippen LogP contribution in [0.3, 0.4) is 0 Å². The van der Waals surface area contributed by atoms with Crippen LogP contribution >= 0.6 is 0 Å². The summed E-state index contributed by atoms with van der Waals surface area (Å²) in [4.78, 5) is 0. The Balaban J connectivity index is 2.27. The molecule has 1 aromatic carbocycles. The SMILES string of the molecule is CCC(F)c1cccc(C2(N)CC2)c1. The first-order chi connectivity index (χ1) is 6.65. The Bertz CT molecular complexity index is 331. The molecule has 2 heteroatoms. The lowest BCUT2D eigenvalue weighted by molar-refractivity contribution is 0.334. The zero-order valence-corrected chi connectivity index (χ0v) is 8.46. The molecule has 1 aliphatic rings. The second kappa shape index (κ2) is 3.35. The lowest BCUT2D eigenvalue weighted by Crippen LogP contribution is -2.18. The molecule has 1 atom stereocenters. The van der Waals surface area contributed by atoms with E-state index in [1.807, 2.05) is 31.2 Å². The maximum Gasteiger partial charge on any atom is 0.125 e. The number of nitrogens with two attached hydrogens (primary N) is 1. The summed E-state index contributed by atoms with van der Waals surface area (Å²) >= 11 is 0. The number of benzene rings is 1. The molecule has 2 N–H and O–H groups in total. The number of halogens is 1. The van der Waals surface area contributed by atoms with E-state index >= 15 is 0 Å². The highest BCUT2D eigenvalue weighted by Crippen LogP contribution is 2.43. The Kier molecular flexibility index (Phi) is 2.31. The smallest absolute Gasteiger partial charge is 0.125 e. The third kappa shape index (κ3) is 1.67. The van der Waals surface area contributed by atoms with Crippen LogP contribution in [0.5, 0.6) is 0 Å². The van der Waals surface area contributed by atoms with Gasteiger partial charge in [0.1, 0.15) is 6.17 Å². The van der Waals surface area contributed by atoms with E-state index in [2.05, 4.69) is 0 Å². The molecular formula is C12H16FN. The molecule has 0 spiro atoms. The van der Waals surface area contributed by atoms with Crippen molar-refractivity contribution < 1.29 is 4.39 Å². The van der Waals surface area contributed by atoms with Gasteiger partial charge in [-0.15, -0.1) is 0 Å². The molecule has 0 heterocycles. The normalized spacial score (nSPS) is 20.5. The van der Waals surface area contributed by atoms with Crippen molar-refractivity contribution in [1.29, 1.82) is 0 Å². The molecule has 0 bridgehead atoms. The number of hydrogen-bond donors (Lipinski definition) is 1. The highest BCUT2D eigenvalue weighted by Gasteiger charge is 2.40. The maximum atomic E-state index is 13.4. The van der Waals surface area contributed by atoms with Crippen LogP contribution in [-0.2, 0) is 5.54 Å². The maximum absolute atomic E-state index is 13.4. The average molecular weight is 193 g/mol. The highest BCUT2D eigenvalue weighted by atomic mass is 19.1. The summed E-state index contributed by atoms with van der Waals surface area (Å²) in [5.74, 6) is 0. The minimum Gasteiger partial charge on any atom is -0.321 e. The average Bonchev–Trinajstić information content (AvgIpc) is 2.97. The Morgan fingerprint density at radius 1 is 1.50 bits per heavy atom. The fourth-order valence-electron chi connectivity index (χ4n) is 1.70. The van der Waals surface area contributed by atoms with Gasteiger partial charge in [0, 0.05) is 5.54 Å². The minimum absolute atomic E-state index is 0.149. The van der Waals surface area contributed by atoms with Gasteiger partial charge < -0.3 is 5.73 Å². The molecule has 1 nitrogen and oxygen atoms in total. The Hall–Kier alpha value is -0.890. The third-order valence-corrected chi connectivity index (χ3v) is 2.97. The van der Waals surface area contributed by atoms with Crippen molar-refractivity contribution in [2.75, 3.05) is 0 Å². The van der Waals surface area contributed by atoms with E-state index in [0.717, 1.165) is 24.0 Å². The van der Waals surface area contributed by atoms with Crippen molar-refractivity contribution in [1.82, 2.24) is 0 Å². The van der Waals surface area contributed by atoms with Crippen LogP contribution in [0.15, 0.2) is 24.3 Å². The Morgan fingerprint density at radius 2 is 2.21 bits per heavy atom. The first kappa shape index (κ1) is 9.66. The molecule has 0 amide bonds. The van der Waals surface area contributed by atoms with Gasteiger partial charge >= 0.3 is 0 Å². The van der Waals surface area contributed by atoms with Crippen LogP contribution < -0.4 is 5.73 Å². The molecule has 1 fully saturated rings. The van der Waals surface area contributed by atoms with Gasteiger partial charge in [-0.05, 0) is 30.4 Å². The van der Waals surface area contributed by atoms with Crippen molar-refractivity contribution in [3.8, 4) is 0 Å². The predicted molar refractivity (Wildman–Crippen MR) is 55.7 cm³/mol. The van der Waals surface area contributed by atoms with Crippen LogP contribution in [-0.4, -0.2) is 0 Å². The molecule has 0 aliphatic heterocycles. The predicted octanol–water partition coefficient (Wildman–Crippen LogP) is 3.06. The van der Waals surface area contributed by atoms with E-state index in [-0.39, 0.29) is 5.54 Å². The monoisotopic (exact) mass is 193 g/mol. The fourth-order valence-corrected chi connectivity index (χ4v) is 1.70. The van der Waals surface area contributed by atoms with Crippen molar-refractivity contribution >= 4 is 0 Å². The summed E-state index contributed by atoms with van der Waals surface area (Å²) in [5.41, 5.74) is 7.76. The van der Waals surface area contributed by atoms with Crippen LogP contribution in [0, 0.1) is 0 Å². The molecule has 76 valence electrons. The van der Waals surface area contributed by atoms with Gasteiger partial charge in [-0.1, -0.05) is 31.2 Å². The first-order valence-electron chi connectivity index (χ1n) is 5.19. The van der Waals surface area contributed by atoms with Gasteiger partial charge in [-0.3, -0.25) is 0 Å². The number of hydrogen-bond acceptors (Lipinski definition) is 1. The minimum atomic E-state index is -0.850. The van der Waals surface area contributed by atoms with Gasteiger partial charge in [-0.25, -0.2) is 4.39 Å². The molecular weight excluding hydrogens is 177 g/mol. The molecule has 0 saturated heterocycles. The van der Waals surface area contributed by atoms with E-state index in [9.17, 15) is 4.39 Å². The van der Waals surface area contributed by atoms with Gasteiger partial charge in [0.05, 0.1) is 0 Å². The van der Waals surface area contributed by atoms with E-state index in [1.165, 1.54) is 0 Å². The standard InChI is InChI=1S/C12H16FN/c1-2-11(13)9-4-3-5-10(8-9)12(14)6-7-12/h3-5,8,11H,2,6-7,14H2,1H3. The lowest BCUT2D eigenvalue weighted by atomic mass is 10.00. The molecule has 1 aliphatic carbocycles. The van der Waals surface area contributed by atoms with E-state index in [0.29, 0.717) is 6.42 Å². The van der Waals surface area contributed by atoms with E-state index < -0.39 is 6.17 Å². The number of alkyl halides is 1.